The van der Waals surface area contributed by atoms with Crippen LogP contribution >= 0.6 is 11.8 Å². The summed E-state index contributed by atoms with van der Waals surface area (Å²) in [4.78, 5) is 3.26. The summed E-state index contributed by atoms with van der Waals surface area (Å²) in [5, 5.41) is 11.6. The largest absolute Gasteiger partial charge is 0.508 e. The van der Waals surface area contributed by atoms with E-state index in [0.717, 1.165) is 5.52 Å². The third-order valence-corrected chi connectivity index (χ3v) is 3.02. The average molecular weight is 193 g/mol. The van der Waals surface area contributed by atoms with E-state index in [-0.39, 0.29) is 0 Å². The summed E-state index contributed by atoms with van der Waals surface area (Å²) in [7, 11) is 0. The van der Waals surface area contributed by atoms with Crippen molar-refractivity contribution in [2.24, 2.45) is 0 Å². The van der Waals surface area contributed by atoms with Gasteiger partial charge in [0.15, 0.2) is 0 Å². The second kappa shape index (κ2) is 3.00. The molecule has 0 bridgehead atoms. The molecule has 0 unspecified atom stereocenters. The van der Waals surface area contributed by atoms with Crippen molar-refractivity contribution in [2.75, 3.05) is 6.26 Å². The molecule has 13 heavy (non-hydrogen) atoms. The Bertz CT molecular complexity index is 447. The van der Waals surface area contributed by atoms with Crippen LogP contribution < -0.4 is 0 Å². The van der Waals surface area contributed by atoms with Gasteiger partial charge in [0.2, 0.25) is 0 Å². The van der Waals surface area contributed by atoms with Crippen LogP contribution in [0.5, 0.6) is 5.75 Å². The molecule has 2 rings (SSSR count). The number of fused-ring (bicyclic) bond motifs is 1. The standard InChI is InChI=1S/C10H11NOS/c1-6-8-4-3-7(12)5-9(8)11-10(6)13-2/h3-5,11-12H,1-2H3. The van der Waals surface area contributed by atoms with Crippen LogP contribution in [0.1, 0.15) is 5.56 Å². The molecule has 0 aliphatic rings. The van der Waals surface area contributed by atoms with Crippen LogP contribution in [-0.4, -0.2) is 16.3 Å². The zero-order chi connectivity index (χ0) is 9.42. The first kappa shape index (κ1) is 8.51. The lowest BCUT2D eigenvalue weighted by Gasteiger charge is -1.92. The first-order valence-electron chi connectivity index (χ1n) is 4.07. The third-order valence-electron chi connectivity index (χ3n) is 2.20. The molecule has 0 atom stereocenters. The highest BCUT2D eigenvalue weighted by atomic mass is 32.2. The SMILES string of the molecule is CSc1[nH]c2cc(O)ccc2c1C. The molecule has 0 aliphatic heterocycles. The lowest BCUT2D eigenvalue weighted by atomic mass is 10.2. The van der Waals surface area contributed by atoms with Gasteiger partial charge in [0.1, 0.15) is 5.75 Å². The number of nitrogens with one attached hydrogen (secondary N) is 1. The molecule has 68 valence electrons. The first-order chi connectivity index (χ1) is 6.22. The molecule has 0 amide bonds. The zero-order valence-electron chi connectivity index (χ0n) is 7.59. The summed E-state index contributed by atoms with van der Waals surface area (Å²) in [5.41, 5.74) is 2.25. The van der Waals surface area contributed by atoms with Crippen LogP contribution in [0.3, 0.4) is 0 Å². The number of benzene rings is 1. The Labute approximate surface area is 81.0 Å². The van der Waals surface area contributed by atoms with Gasteiger partial charge in [-0.2, -0.15) is 0 Å². The summed E-state index contributed by atoms with van der Waals surface area (Å²) in [6.45, 7) is 2.09. The topological polar surface area (TPSA) is 36.0 Å². The Morgan fingerprint density at radius 1 is 1.38 bits per heavy atom. The first-order valence-corrected chi connectivity index (χ1v) is 5.30. The van der Waals surface area contributed by atoms with Crippen molar-refractivity contribution >= 4 is 22.7 Å². The van der Waals surface area contributed by atoms with E-state index in [9.17, 15) is 5.11 Å². The van der Waals surface area contributed by atoms with Crippen LogP contribution in [0.2, 0.25) is 0 Å². The highest BCUT2D eigenvalue weighted by molar-refractivity contribution is 7.98. The van der Waals surface area contributed by atoms with Crippen molar-refractivity contribution in [3.63, 3.8) is 0 Å². The molecule has 2 N–H and O–H groups in total. The Kier molecular flexibility index (Phi) is 1.96. The maximum absolute atomic E-state index is 9.28. The Hall–Kier alpha value is -1.09. The average Bonchev–Trinajstić information content (AvgIpc) is 2.42. The van der Waals surface area contributed by atoms with E-state index in [4.69, 9.17) is 0 Å². The van der Waals surface area contributed by atoms with Gasteiger partial charge >= 0.3 is 0 Å². The Morgan fingerprint density at radius 2 is 2.15 bits per heavy atom. The van der Waals surface area contributed by atoms with Gasteiger partial charge in [0.25, 0.3) is 0 Å². The van der Waals surface area contributed by atoms with Crippen LogP contribution in [0.15, 0.2) is 23.2 Å². The number of phenolic OH excluding ortho intramolecular Hbond substituents is 1. The molecule has 0 saturated carbocycles. The highest BCUT2D eigenvalue weighted by Gasteiger charge is 2.06. The number of aromatic hydroxyl groups is 1. The monoisotopic (exact) mass is 193 g/mol. The van der Waals surface area contributed by atoms with Crippen LogP contribution in [0, 0.1) is 6.92 Å². The summed E-state index contributed by atoms with van der Waals surface area (Å²) in [6.07, 6.45) is 2.04. The van der Waals surface area contributed by atoms with E-state index in [0.29, 0.717) is 5.75 Å². The van der Waals surface area contributed by atoms with Crippen molar-refractivity contribution in [3.8, 4) is 5.75 Å². The van der Waals surface area contributed by atoms with E-state index < -0.39 is 0 Å². The number of H-pyrrole nitrogens is 1. The zero-order valence-corrected chi connectivity index (χ0v) is 8.40. The molecule has 0 aliphatic carbocycles. The van der Waals surface area contributed by atoms with E-state index in [1.165, 1.54) is 16.0 Å². The van der Waals surface area contributed by atoms with Gasteiger partial charge in [-0.25, -0.2) is 0 Å². The molecule has 3 heteroatoms. The minimum atomic E-state index is 0.307. The molecular weight excluding hydrogens is 182 g/mol. The molecule has 2 aromatic rings. The number of phenols is 1. The van der Waals surface area contributed by atoms with Gasteiger partial charge < -0.3 is 10.1 Å². The van der Waals surface area contributed by atoms with Gasteiger partial charge in [0, 0.05) is 11.5 Å². The molecule has 1 heterocycles. The number of thioether (sulfide) groups is 1. The predicted molar refractivity (Wildman–Crippen MR) is 56.5 cm³/mol. The Morgan fingerprint density at radius 3 is 2.85 bits per heavy atom. The maximum Gasteiger partial charge on any atom is 0.117 e. The van der Waals surface area contributed by atoms with Gasteiger partial charge in [-0.1, -0.05) is 0 Å². The summed E-state index contributed by atoms with van der Waals surface area (Å²) in [5.74, 6) is 0.307. The normalized spacial score (nSPS) is 10.9. The molecule has 1 aromatic heterocycles. The molecule has 2 nitrogen and oxygen atoms in total. The fraction of sp³-hybridized carbons (Fsp3) is 0.200. The number of hydrogen-bond acceptors (Lipinski definition) is 2. The maximum atomic E-state index is 9.28. The van der Waals surface area contributed by atoms with Gasteiger partial charge in [-0.05, 0) is 30.9 Å². The molecule has 0 spiro atoms. The van der Waals surface area contributed by atoms with Crippen LogP contribution in [-0.2, 0) is 0 Å². The van der Waals surface area contributed by atoms with E-state index in [2.05, 4.69) is 11.9 Å². The lowest BCUT2D eigenvalue weighted by Crippen LogP contribution is -1.70. The number of aromatic nitrogens is 1. The van der Waals surface area contributed by atoms with Gasteiger partial charge in [-0.15, -0.1) is 11.8 Å². The summed E-state index contributed by atoms with van der Waals surface area (Å²) in [6, 6.07) is 5.41. The number of hydrogen-bond donors (Lipinski definition) is 2. The van der Waals surface area contributed by atoms with Crippen molar-refractivity contribution in [1.82, 2.24) is 4.98 Å². The van der Waals surface area contributed by atoms with Crippen molar-refractivity contribution in [1.29, 1.82) is 0 Å². The minimum absolute atomic E-state index is 0.307. The van der Waals surface area contributed by atoms with Crippen molar-refractivity contribution in [2.45, 2.75) is 11.9 Å². The summed E-state index contributed by atoms with van der Waals surface area (Å²) >= 11 is 1.69. The number of rotatable bonds is 1. The molecule has 0 radical (unpaired) electrons. The van der Waals surface area contributed by atoms with E-state index >= 15 is 0 Å². The minimum Gasteiger partial charge on any atom is -0.508 e. The van der Waals surface area contributed by atoms with Crippen LogP contribution in [0.25, 0.3) is 10.9 Å². The molecule has 0 fully saturated rings. The van der Waals surface area contributed by atoms with Gasteiger partial charge in [0.05, 0.1) is 10.5 Å². The number of aromatic amines is 1. The van der Waals surface area contributed by atoms with Crippen molar-refractivity contribution < 1.29 is 5.11 Å². The number of aryl methyl sites for hydroxylation is 1. The second-order valence-electron chi connectivity index (χ2n) is 3.01. The predicted octanol–water partition coefficient (Wildman–Crippen LogP) is 2.90. The molecule has 0 saturated heterocycles. The van der Waals surface area contributed by atoms with Crippen molar-refractivity contribution in [3.05, 3.63) is 23.8 Å². The smallest absolute Gasteiger partial charge is 0.117 e. The quantitative estimate of drug-likeness (QED) is 0.683. The molecule has 1 aromatic carbocycles. The van der Waals surface area contributed by atoms with E-state index in [1.807, 2.05) is 12.3 Å². The van der Waals surface area contributed by atoms with Crippen LogP contribution in [0.4, 0.5) is 0 Å². The molecular formula is C10H11NOS. The van der Waals surface area contributed by atoms with Gasteiger partial charge in [-0.3, -0.25) is 0 Å². The fourth-order valence-electron chi connectivity index (χ4n) is 1.51. The Balaban J connectivity index is 2.76. The van der Waals surface area contributed by atoms with E-state index in [1.54, 1.807) is 23.9 Å². The second-order valence-corrected chi connectivity index (χ2v) is 3.83. The fourth-order valence-corrected chi connectivity index (χ4v) is 2.13. The highest BCUT2D eigenvalue weighted by Crippen LogP contribution is 2.29. The lowest BCUT2D eigenvalue weighted by molar-refractivity contribution is 0.476. The third kappa shape index (κ3) is 1.29. The summed E-state index contributed by atoms with van der Waals surface area (Å²) < 4.78 is 0.